The van der Waals surface area contributed by atoms with Crippen LogP contribution in [0.1, 0.15) is 50.2 Å². The molecular weight excluding hydrogens is 602 g/mol. The van der Waals surface area contributed by atoms with Gasteiger partial charge in [-0.05, 0) is 42.4 Å². The van der Waals surface area contributed by atoms with E-state index in [1.807, 2.05) is 50.4 Å². The molecule has 0 saturated heterocycles. The van der Waals surface area contributed by atoms with E-state index in [1.54, 1.807) is 30.0 Å². The van der Waals surface area contributed by atoms with E-state index in [0.29, 0.717) is 17.3 Å². The van der Waals surface area contributed by atoms with Crippen LogP contribution in [0.2, 0.25) is 0 Å². The second-order valence-electron chi connectivity index (χ2n) is 11.0. The third-order valence-corrected chi connectivity index (χ3v) is 7.66. The summed E-state index contributed by atoms with van der Waals surface area (Å²) in [7, 11) is 1.76. The zero-order valence-corrected chi connectivity index (χ0v) is 26.8. The van der Waals surface area contributed by atoms with E-state index >= 15 is 0 Å². The number of carbonyl (C=O) groups excluding carboxylic acids is 2. The normalized spacial score (nSPS) is 14.1. The molecule has 2 amide bonds. The number of allylic oxidation sites excluding steroid dienone is 1. The Morgan fingerprint density at radius 2 is 1.64 bits per heavy atom. The van der Waals surface area contributed by atoms with Gasteiger partial charge >= 0.3 is 17.9 Å². The summed E-state index contributed by atoms with van der Waals surface area (Å²) in [4.78, 5) is 65.3. The van der Waals surface area contributed by atoms with Crippen molar-refractivity contribution >= 4 is 47.6 Å². The van der Waals surface area contributed by atoms with Crippen molar-refractivity contribution in [1.82, 2.24) is 25.5 Å². The molecule has 0 aliphatic carbocycles. The molecule has 4 atom stereocenters. The quantitative estimate of drug-likeness (QED) is 0.123. The van der Waals surface area contributed by atoms with E-state index in [0.717, 1.165) is 5.56 Å². The molecule has 0 unspecified atom stereocenters. The number of imidazole rings is 1. The summed E-state index contributed by atoms with van der Waals surface area (Å²) in [5, 5.41) is 36.4. The Bertz CT molecular complexity index is 1330. The van der Waals surface area contributed by atoms with E-state index in [1.165, 1.54) is 11.8 Å². The van der Waals surface area contributed by atoms with Crippen LogP contribution in [0.25, 0.3) is 6.08 Å². The zero-order chi connectivity index (χ0) is 33.5. The standard InChI is InChI=1S/C31H43N5O8S/c1-19(2)27(32-17-22-18-36(3)25(33-22)12-8-11-21(30(41)42)16-26(37)38)29(40)35-24(15-20-9-6-5-7-10-20)28(39)34-23(31(43)44)13-14-45-4/h5-10,12,18-19,21,23-24,27,32H,11,13-17H2,1-4H3,(H,34,39)(H,35,40)(H,37,38)(H,41,42)(H,43,44)/b12-8+/t21-,23+,24+,27+/m1/s1. The number of rotatable bonds is 20. The average molecular weight is 646 g/mol. The smallest absolute Gasteiger partial charge is 0.326 e. The van der Waals surface area contributed by atoms with Crippen molar-refractivity contribution in [2.45, 2.75) is 64.2 Å². The lowest BCUT2D eigenvalue weighted by Gasteiger charge is -2.26. The number of nitrogens with zero attached hydrogens (tertiary/aromatic N) is 2. The van der Waals surface area contributed by atoms with Crippen LogP contribution in [0.3, 0.4) is 0 Å². The highest BCUT2D eigenvalue weighted by Gasteiger charge is 2.30. The zero-order valence-electron chi connectivity index (χ0n) is 25.9. The van der Waals surface area contributed by atoms with Gasteiger partial charge < -0.3 is 30.5 Å². The number of carboxylic acid groups (broad SMARTS) is 3. The Labute approximate surface area is 266 Å². The molecule has 13 nitrogen and oxygen atoms in total. The summed E-state index contributed by atoms with van der Waals surface area (Å²) in [6, 6.07) is 6.32. The Hall–Kier alpha value is -4.17. The Balaban J connectivity index is 2.14. The van der Waals surface area contributed by atoms with Gasteiger partial charge in [0, 0.05) is 26.2 Å². The lowest BCUT2D eigenvalue weighted by atomic mass is 10.0. The molecule has 0 aliphatic heterocycles. The number of aromatic nitrogens is 2. The van der Waals surface area contributed by atoms with Crippen molar-refractivity contribution in [1.29, 1.82) is 0 Å². The maximum atomic E-state index is 13.5. The molecule has 0 bridgehead atoms. The molecule has 6 N–H and O–H groups in total. The van der Waals surface area contributed by atoms with Crippen LogP contribution in [0.4, 0.5) is 0 Å². The summed E-state index contributed by atoms with van der Waals surface area (Å²) in [6.07, 6.45) is 6.74. The van der Waals surface area contributed by atoms with E-state index < -0.39 is 60.2 Å². The Morgan fingerprint density at radius 1 is 0.978 bits per heavy atom. The largest absolute Gasteiger partial charge is 0.481 e. The lowest BCUT2D eigenvalue weighted by Crippen LogP contribution is -2.56. The maximum absolute atomic E-state index is 13.5. The first kappa shape index (κ1) is 37.0. The van der Waals surface area contributed by atoms with Crippen molar-refractivity contribution in [2.75, 3.05) is 12.0 Å². The first-order chi connectivity index (χ1) is 21.3. The van der Waals surface area contributed by atoms with Crippen LogP contribution in [-0.4, -0.2) is 84.7 Å². The minimum Gasteiger partial charge on any atom is -0.481 e. The number of carboxylic acids is 3. The van der Waals surface area contributed by atoms with Gasteiger partial charge in [0.05, 0.1) is 24.1 Å². The van der Waals surface area contributed by atoms with Crippen LogP contribution >= 0.6 is 11.8 Å². The van der Waals surface area contributed by atoms with Gasteiger partial charge in [-0.2, -0.15) is 11.8 Å². The second-order valence-corrected chi connectivity index (χ2v) is 12.0. The highest BCUT2D eigenvalue weighted by atomic mass is 32.2. The number of hydrogen-bond donors (Lipinski definition) is 6. The minimum atomic E-state index is -1.19. The fourth-order valence-electron chi connectivity index (χ4n) is 4.54. The molecule has 0 fully saturated rings. The van der Waals surface area contributed by atoms with Crippen LogP contribution in [0.15, 0.2) is 42.6 Å². The van der Waals surface area contributed by atoms with Crippen molar-refractivity contribution in [2.24, 2.45) is 18.9 Å². The van der Waals surface area contributed by atoms with Gasteiger partial charge in [0.1, 0.15) is 17.9 Å². The molecule has 45 heavy (non-hydrogen) atoms. The Kier molecular flexibility index (Phi) is 15.3. The van der Waals surface area contributed by atoms with Gasteiger partial charge in [-0.25, -0.2) is 9.78 Å². The van der Waals surface area contributed by atoms with Crippen LogP contribution in [0.5, 0.6) is 0 Å². The summed E-state index contributed by atoms with van der Waals surface area (Å²) in [6.45, 7) is 3.92. The number of carbonyl (C=O) groups is 5. The minimum absolute atomic E-state index is 0.0280. The van der Waals surface area contributed by atoms with Crippen LogP contribution in [0, 0.1) is 11.8 Å². The summed E-state index contributed by atoms with van der Waals surface area (Å²) in [5.41, 5.74) is 1.40. The van der Waals surface area contributed by atoms with Crippen LogP contribution < -0.4 is 16.0 Å². The highest BCUT2D eigenvalue weighted by Crippen LogP contribution is 2.13. The predicted octanol–water partition coefficient (Wildman–Crippen LogP) is 2.16. The highest BCUT2D eigenvalue weighted by molar-refractivity contribution is 7.98. The molecule has 0 saturated carbocycles. The SMILES string of the molecule is CSCC[C@H](NC(=O)[C@H](Cc1ccccc1)NC(=O)[C@@H](NCc1cn(C)c(/C=C/C[C@H](CC(=O)O)C(=O)O)n1)C(C)C)C(=O)O. The molecule has 1 aromatic heterocycles. The molecule has 1 heterocycles. The summed E-state index contributed by atoms with van der Waals surface area (Å²) in [5.74, 6) is -4.69. The van der Waals surface area contributed by atoms with Crippen molar-refractivity contribution in [3.63, 3.8) is 0 Å². The van der Waals surface area contributed by atoms with Gasteiger partial charge in [0.2, 0.25) is 11.8 Å². The summed E-state index contributed by atoms with van der Waals surface area (Å²) >= 11 is 1.47. The van der Waals surface area contributed by atoms with Crippen LogP contribution in [-0.2, 0) is 44.0 Å². The first-order valence-corrected chi connectivity index (χ1v) is 15.9. The second kappa shape index (κ2) is 18.6. The monoisotopic (exact) mass is 645 g/mol. The van der Waals surface area contributed by atoms with Gasteiger partial charge in [-0.1, -0.05) is 50.3 Å². The third-order valence-electron chi connectivity index (χ3n) is 7.01. The Morgan fingerprint density at radius 3 is 2.22 bits per heavy atom. The van der Waals surface area contributed by atoms with E-state index in [-0.39, 0.29) is 31.7 Å². The first-order valence-electron chi connectivity index (χ1n) is 14.6. The molecule has 246 valence electrons. The van der Waals surface area contributed by atoms with Gasteiger partial charge in [0.25, 0.3) is 0 Å². The van der Waals surface area contributed by atoms with Crippen molar-refractivity contribution < 1.29 is 39.3 Å². The van der Waals surface area contributed by atoms with E-state index in [4.69, 9.17) is 5.11 Å². The van der Waals surface area contributed by atoms with E-state index in [9.17, 15) is 34.2 Å². The van der Waals surface area contributed by atoms with Gasteiger partial charge in [-0.3, -0.25) is 24.5 Å². The van der Waals surface area contributed by atoms with Crippen molar-refractivity contribution in [3.8, 4) is 0 Å². The lowest BCUT2D eigenvalue weighted by molar-refractivity contribution is -0.148. The third kappa shape index (κ3) is 12.8. The maximum Gasteiger partial charge on any atom is 0.326 e. The number of benzene rings is 1. The molecule has 0 radical (unpaired) electrons. The molecule has 0 spiro atoms. The van der Waals surface area contributed by atoms with Gasteiger partial charge in [-0.15, -0.1) is 0 Å². The molecule has 1 aromatic carbocycles. The number of amides is 2. The fourth-order valence-corrected chi connectivity index (χ4v) is 5.01. The number of hydrogen-bond acceptors (Lipinski definition) is 8. The number of thioether (sulfide) groups is 1. The fraction of sp³-hybridized carbons (Fsp3) is 0.484. The van der Waals surface area contributed by atoms with E-state index in [2.05, 4.69) is 20.9 Å². The topological polar surface area (TPSA) is 200 Å². The van der Waals surface area contributed by atoms with Crippen molar-refractivity contribution in [3.05, 3.63) is 59.7 Å². The number of aliphatic carboxylic acids is 3. The molecule has 14 heteroatoms. The molecule has 2 aromatic rings. The molecule has 2 rings (SSSR count). The molecule has 0 aliphatic rings. The molecular formula is C31H43N5O8S. The average Bonchev–Trinajstić information content (AvgIpc) is 3.32. The van der Waals surface area contributed by atoms with Gasteiger partial charge in [0.15, 0.2) is 0 Å². The summed E-state index contributed by atoms with van der Waals surface area (Å²) < 4.78 is 1.72. The number of aryl methyl sites for hydroxylation is 1. The number of nitrogens with one attached hydrogen (secondary N) is 3. The predicted molar refractivity (Wildman–Crippen MR) is 170 cm³/mol.